The number of hydrogen-bond acceptors (Lipinski definition) is 2. The second-order valence-electron chi connectivity index (χ2n) is 3.27. The summed E-state index contributed by atoms with van der Waals surface area (Å²) < 4.78 is 5.09. The molecular formula is C11H20O2. The third kappa shape index (κ3) is 9.16. The average molecular weight is 184 g/mol. The Morgan fingerprint density at radius 1 is 1.15 bits per heavy atom. The highest BCUT2D eigenvalue weighted by Crippen LogP contribution is 2.05. The van der Waals surface area contributed by atoms with Crippen molar-refractivity contribution < 1.29 is 9.53 Å². The Labute approximate surface area is 81.0 Å². The Morgan fingerprint density at radius 2 is 1.77 bits per heavy atom. The van der Waals surface area contributed by atoms with Crippen molar-refractivity contribution in [1.82, 2.24) is 0 Å². The molecule has 0 spiro atoms. The van der Waals surface area contributed by atoms with Crippen LogP contribution in [0.5, 0.6) is 0 Å². The first-order chi connectivity index (χ1) is 6.31. The van der Waals surface area contributed by atoms with E-state index in [1.165, 1.54) is 32.1 Å². The van der Waals surface area contributed by atoms with Crippen molar-refractivity contribution in [1.29, 1.82) is 0 Å². The zero-order chi connectivity index (χ0) is 9.94. The standard InChI is InChI=1S/C11H20O2/c1-3-4-5-6-7-8-9-13-11(2)10-12/h3-9H2,1-2H3. The molecule has 0 aliphatic rings. The summed E-state index contributed by atoms with van der Waals surface area (Å²) in [5.74, 6) is 2.09. The van der Waals surface area contributed by atoms with E-state index in [0.717, 1.165) is 6.42 Å². The van der Waals surface area contributed by atoms with Crippen molar-refractivity contribution in [2.24, 2.45) is 0 Å². The van der Waals surface area contributed by atoms with E-state index in [1.54, 1.807) is 12.9 Å². The molecule has 0 heterocycles. The smallest absolute Gasteiger partial charge is 0.176 e. The van der Waals surface area contributed by atoms with E-state index in [2.05, 4.69) is 6.92 Å². The minimum Gasteiger partial charge on any atom is -0.487 e. The molecule has 0 aromatic rings. The third-order valence-corrected chi connectivity index (χ3v) is 1.96. The molecule has 0 radical (unpaired) electrons. The number of carbonyl (C=O) groups excluding carboxylic acids is 1. The van der Waals surface area contributed by atoms with E-state index in [0.29, 0.717) is 12.4 Å². The number of allylic oxidation sites excluding steroid dienone is 1. The Hall–Kier alpha value is -0.750. The number of ether oxygens (including phenoxy) is 1. The van der Waals surface area contributed by atoms with Gasteiger partial charge in [-0.2, -0.15) is 0 Å². The van der Waals surface area contributed by atoms with E-state index in [-0.39, 0.29) is 0 Å². The van der Waals surface area contributed by atoms with Gasteiger partial charge in [0.05, 0.1) is 6.61 Å². The van der Waals surface area contributed by atoms with Gasteiger partial charge in [0.25, 0.3) is 0 Å². The van der Waals surface area contributed by atoms with E-state index in [1.807, 2.05) is 0 Å². The highest BCUT2D eigenvalue weighted by atomic mass is 16.5. The van der Waals surface area contributed by atoms with Crippen LogP contribution >= 0.6 is 0 Å². The fourth-order valence-electron chi connectivity index (χ4n) is 1.14. The lowest BCUT2D eigenvalue weighted by Crippen LogP contribution is -1.92. The predicted molar refractivity (Wildman–Crippen MR) is 54.2 cm³/mol. The van der Waals surface area contributed by atoms with E-state index in [9.17, 15) is 4.79 Å². The summed E-state index contributed by atoms with van der Waals surface area (Å²) in [6.45, 7) is 4.51. The minimum atomic E-state index is 0.369. The molecule has 0 aliphatic carbocycles. The third-order valence-electron chi connectivity index (χ3n) is 1.96. The lowest BCUT2D eigenvalue weighted by Gasteiger charge is -2.02. The normalized spacial score (nSPS) is 9.38. The molecule has 0 rings (SSSR count). The molecule has 0 aromatic heterocycles. The second kappa shape index (κ2) is 9.34. The molecule has 0 bridgehead atoms. The SMILES string of the molecule is CCCCCCCCOC(C)=C=O. The second-order valence-corrected chi connectivity index (χ2v) is 3.27. The van der Waals surface area contributed by atoms with Crippen molar-refractivity contribution in [2.75, 3.05) is 6.61 Å². The molecule has 13 heavy (non-hydrogen) atoms. The quantitative estimate of drug-likeness (QED) is 0.329. The van der Waals surface area contributed by atoms with Gasteiger partial charge >= 0.3 is 0 Å². The summed E-state index contributed by atoms with van der Waals surface area (Å²) in [6, 6.07) is 0. The van der Waals surface area contributed by atoms with Gasteiger partial charge < -0.3 is 4.74 Å². The molecule has 0 amide bonds. The van der Waals surface area contributed by atoms with Gasteiger partial charge in [-0.25, -0.2) is 4.79 Å². The van der Waals surface area contributed by atoms with Gasteiger partial charge in [-0.15, -0.1) is 0 Å². The maximum atomic E-state index is 10.0. The maximum absolute atomic E-state index is 10.0. The fraction of sp³-hybridized carbons (Fsp3) is 0.818. The maximum Gasteiger partial charge on any atom is 0.176 e. The Bertz CT molecular complexity index is 157. The summed E-state index contributed by atoms with van der Waals surface area (Å²) in [6.07, 6.45) is 7.45. The Morgan fingerprint density at radius 3 is 2.38 bits per heavy atom. The van der Waals surface area contributed by atoms with Crippen LogP contribution in [0.3, 0.4) is 0 Å². The Kier molecular flexibility index (Phi) is 8.80. The highest BCUT2D eigenvalue weighted by Gasteiger charge is 1.92. The number of unbranched alkanes of at least 4 members (excludes halogenated alkanes) is 5. The molecule has 0 saturated heterocycles. The van der Waals surface area contributed by atoms with E-state index in [4.69, 9.17) is 4.74 Å². The van der Waals surface area contributed by atoms with Crippen molar-refractivity contribution in [3.05, 3.63) is 5.76 Å². The first-order valence-electron chi connectivity index (χ1n) is 5.15. The number of hydrogen-bond donors (Lipinski definition) is 0. The summed E-state index contributed by atoms with van der Waals surface area (Å²) in [4.78, 5) is 10.0. The topological polar surface area (TPSA) is 26.3 Å². The zero-order valence-corrected chi connectivity index (χ0v) is 8.77. The molecule has 0 aromatic carbocycles. The van der Waals surface area contributed by atoms with Gasteiger partial charge in [0.1, 0.15) is 0 Å². The summed E-state index contributed by atoms with van der Waals surface area (Å²) in [7, 11) is 0. The monoisotopic (exact) mass is 184 g/mol. The van der Waals surface area contributed by atoms with Gasteiger partial charge in [0, 0.05) is 6.92 Å². The molecule has 2 heteroatoms. The van der Waals surface area contributed by atoms with Crippen molar-refractivity contribution in [2.45, 2.75) is 52.4 Å². The number of rotatable bonds is 8. The lowest BCUT2D eigenvalue weighted by atomic mass is 10.1. The summed E-state index contributed by atoms with van der Waals surface area (Å²) in [5, 5.41) is 0. The van der Waals surface area contributed by atoms with E-state index >= 15 is 0 Å². The average Bonchev–Trinajstić information content (AvgIpc) is 2.16. The van der Waals surface area contributed by atoms with Gasteiger partial charge in [-0.1, -0.05) is 39.0 Å². The fourth-order valence-corrected chi connectivity index (χ4v) is 1.14. The van der Waals surface area contributed by atoms with Crippen LogP contribution in [-0.4, -0.2) is 12.5 Å². The molecule has 0 saturated carbocycles. The van der Waals surface area contributed by atoms with Crippen molar-refractivity contribution >= 4 is 5.94 Å². The highest BCUT2D eigenvalue weighted by molar-refractivity contribution is 5.48. The van der Waals surface area contributed by atoms with Crippen LogP contribution in [0.2, 0.25) is 0 Å². The van der Waals surface area contributed by atoms with Gasteiger partial charge in [-0.3, -0.25) is 0 Å². The first kappa shape index (κ1) is 12.2. The molecular weight excluding hydrogens is 164 g/mol. The molecule has 0 unspecified atom stereocenters. The van der Waals surface area contributed by atoms with E-state index < -0.39 is 0 Å². The lowest BCUT2D eigenvalue weighted by molar-refractivity contribution is 0.210. The molecule has 0 atom stereocenters. The van der Waals surface area contributed by atoms with Gasteiger partial charge in [0.15, 0.2) is 11.7 Å². The Balaban J connectivity index is 3.04. The zero-order valence-electron chi connectivity index (χ0n) is 8.77. The van der Waals surface area contributed by atoms with Crippen LogP contribution in [0, 0.1) is 0 Å². The van der Waals surface area contributed by atoms with Crippen LogP contribution in [0.4, 0.5) is 0 Å². The van der Waals surface area contributed by atoms with Gasteiger partial charge in [-0.05, 0) is 6.42 Å². The largest absolute Gasteiger partial charge is 0.487 e. The van der Waals surface area contributed by atoms with Crippen LogP contribution in [-0.2, 0) is 9.53 Å². The van der Waals surface area contributed by atoms with Crippen LogP contribution < -0.4 is 0 Å². The molecule has 0 N–H and O–H groups in total. The summed E-state index contributed by atoms with van der Waals surface area (Å²) in [5.41, 5.74) is 0. The molecule has 0 aliphatic heterocycles. The predicted octanol–water partition coefficient (Wildman–Crippen LogP) is 3.10. The molecule has 0 fully saturated rings. The van der Waals surface area contributed by atoms with Gasteiger partial charge in [0.2, 0.25) is 0 Å². The molecule has 76 valence electrons. The van der Waals surface area contributed by atoms with Crippen molar-refractivity contribution in [3.63, 3.8) is 0 Å². The van der Waals surface area contributed by atoms with Crippen LogP contribution in [0.1, 0.15) is 52.4 Å². The molecule has 2 nitrogen and oxygen atoms in total. The first-order valence-corrected chi connectivity index (χ1v) is 5.15. The minimum absolute atomic E-state index is 0.369. The summed E-state index contributed by atoms with van der Waals surface area (Å²) >= 11 is 0. The van der Waals surface area contributed by atoms with Crippen LogP contribution in [0.25, 0.3) is 0 Å². The van der Waals surface area contributed by atoms with Crippen molar-refractivity contribution in [3.8, 4) is 0 Å². The van der Waals surface area contributed by atoms with Crippen LogP contribution in [0.15, 0.2) is 5.76 Å².